The third-order valence-electron chi connectivity index (χ3n) is 11.4. The number of rotatable bonds is 3. The van der Waals surface area contributed by atoms with E-state index in [1.807, 2.05) is 22.8 Å². The van der Waals surface area contributed by atoms with Crippen molar-refractivity contribution in [1.82, 2.24) is 4.57 Å². The molecule has 1 aliphatic carbocycles. The van der Waals surface area contributed by atoms with Gasteiger partial charge in [-0.2, -0.15) is 0 Å². The van der Waals surface area contributed by atoms with Crippen molar-refractivity contribution in [3.8, 4) is 22.3 Å². The quantitative estimate of drug-likeness (QED) is 0.140. The minimum Gasteiger partial charge on any atom is -0.278 e. The molecule has 1 aromatic heterocycles. The zero-order valence-corrected chi connectivity index (χ0v) is 30.4. The van der Waals surface area contributed by atoms with Crippen molar-refractivity contribution in [3.05, 3.63) is 210 Å². The average Bonchev–Trinajstić information content (AvgIpc) is 3.77. The van der Waals surface area contributed by atoms with Crippen molar-refractivity contribution >= 4 is 67.3 Å². The van der Waals surface area contributed by atoms with Gasteiger partial charge in [-0.3, -0.25) is 15.0 Å². The Hall–Kier alpha value is -7.43. The van der Waals surface area contributed by atoms with Crippen molar-refractivity contribution in [1.29, 1.82) is 5.41 Å². The van der Waals surface area contributed by atoms with Gasteiger partial charge in [-0.25, -0.2) is 4.99 Å². The van der Waals surface area contributed by atoms with Crippen LogP contribution < -0.4 is 0 Å². The highest BCUT2D eigenvalue weighted by Crippen LogP contribution is 2.50. The standard InChI is InChI=1S/C52H34N4/c53-52(55-46-25-13-29-54-47(46)31-35-18-12-17-33-14-4-5-19-37(33)35)56-48-26-11-10-24-43(48)51-41-23-9-6-20-38(41)44(32-49(51)56)36-27-28-42-45(30-36)39-21-7-8-22-40(39)50(42)34-15-2-1-3-16-34/h1-32,50,53H/b47-31-,53-52?,55-46?. The number of fused-ring (bicyclic) bond motifs is 9. The summed E-state index contributed by atoms with van der Waals surface area (Å²) in [5, 5.41) is 16.5. The molecule has 1 aliphatic heterocycles. The Morgan fingerprint density at radius 3 is 2.20 bits per heavy atom. The molecule has 9 aromatic rings. The molecular formula is C52H34N4. The molecule has 0 saturated carbocycles. The highest BCUT2D eigenvalue weighted by Gasteiger charge is 2.30. The maximum absolute atomic E-state index is 9.68. The van der Waals surface area contributed by atoms with Crippen LogP contribution in [-0.4, -0.2) is 22.5 Å². The molecule has 1 atom stereocenters. The first kappa shape index (κ1) is 32.0. The van der Waals surface area contributed by atoms with Gasteiger partial charge in [0.05, 0.1) is 22.4 Å². The first-order chi connectivity index (χ1) is 27.7. The van der Waals surface area contributed by atoms with Gasteiger partial charge in [0.25, 0.3) is 0 Å². The zero-order chi connectivity index (χ0) is 37.2. The van der Waals surface area contributed by atoms with E-state index in [-0.39, 0.29) is 11.9 Å². The van der Waals surface area contributed by atoms with E-state index in [0.717, 1.165) is 49.3 Å². The van der Waals surface area contributed by atoms with Crippen LogP contribution in [0.15, 0.2) is 198 Å². The Bertz CT molecular complexity index is 3210. The van der Waals surface area contributed by atoms with Crippen molar-refractivity contribution < 1.29 is 0 Å². The molecule has 1 unspecified atom stereocenters. The molecule has 56 heavy (non-hydrogen) atoms. The van der Waals surface area contributed by atoms with E-state index >= 15 is 0 Å². The summed E-state index contributed by atoms with van der Waals surface area (Å²) in [5.41, 5.74) is 13.1. The highest BCUT2D eigenvalue weighted by atomic mass is 15.2. The largest absolute Gasteiger partial charge is 0.278 e. The minimum absolute atomic E-state index is 0.131. The molecule has 4 nitrogen and oxygen atoms in total. The summed E-state index contributed by atoms with van der Waals surface area (Å²) in [6.07, 6.45) is 7.69. The molecule has 8 aromatic carbocycles. The number of dihydropyridines is 1. The van der Waals surface area contributed by atoms with E-state index in [1.54, 1.807) is 6.21 Å². The fourth-order valence-electron chi connectivity index (χ4n) is 8.97. The smallest absolute Gasteiger partial charge is 0.227 e. The number of nitrogens with zero attached hydrogens (tertiary/aromatic N) is 3. The maximum atomic E-state index is 9.68. The van der Waals surface area contributed by atoms with Crippen LogP contribution in [0.3, 0.4) is 0 Å². The number of hydrogen-bond donors (Lipinski definition) is 1. The van der Waals surface area contributed by atoms with E-state index in [1.165, 1.54) is 38.6 Å². The summed E-state index contributed by atoms with van der Waals surface area (Å²) >= 11 is 0. The monoisotopic (exact) mass is 714 g/mol. The van der Waals surface area contributed by atoms with Gasteiger partial charge in [-0.1, -0.05) is 152 Å². The predicted molar refractivity (Wildman–Crippen MR) is 235 cm³/mol. The van der Waals surface area contributed by atoms with E-state index < -0.39 is 0 Å². The van der Waals surface area contributed by atoms with Crippen LogP contribution in [0.5, 0.6) is 0 Å². The second kappa shape index (κ2) is 12.9. The Morgan fingerprint density at radius 2 is 1.30 bits per heavy atom. The van der Waals surface area contributed by atoms with Gasteiger partial charge in [-0.05, 0) is 102 Å². The second-order valence-electron chi connectivity index (χ2n) is 14.5. The Labute approximate surface area is 324 Å². The predicted octanol–water partition coefficient (Wildman–Crippen LogP) is 12.8. The summed E-state index contributed by atoms with van der Waals surface area (Å²) in [7, 11) is 0. The number of allylic oxidation sites excluding steroid dienone is 2. The highest BCUT2D eigenvalue weighted by molar-refractivity contribution is 6.27. The van der Waals surface area contributed by atoms with Gasteiger partial charge in [0, 0.05) is 22.9 Å². The fraction of sp³-hybridized carbons (Fsp3) is 0.0192. The second-order valence-corrected chi connectivity index (χ2v) is 14.5. The average molecular weight is 715 g/mol. The van der Waals surface area contributed by atoms with Crippen molar-refractivity contribution in [2.45, 2.75) is 5.92 Å². The molecule has 4 heteroatoms. The summed E-state index contributed by atoms with van der Waals surface area (Å²) in [6.45, 7) is 0. The number of aromatic nitrogens is 1. The first-order valence-electron chi connectivity index (χ1n) is 19.0. The topological polar surface area (TPSA) is 53.5 Å². The molecule has 0 saturated heterocycles. The number of benzene rings is 8. The van der Waals surface area contributed by atoms with Gasteiger partial charge in [0.1, 0.15) is 0 Å². The van der Waals surface area contributed by atoms with Crippen molar-refractivity contribution in [2.24, 2.45) is 9.98 Å². The lowest BCUT2D eigenvalue weighted by atomic mass is 9.88. The van der Waals surface area contributed by atoms with E-state index in [0.29, 0.717) is 11.4 Å². The Kier molecular flexibility index (Phi) is 7.36. The summed E-state index contributed by atoms with van der Waals surface area (Å²) in [4.78, 5) is 9.77. The lowest BCUT2D eigenvalue weighted by Crippen LogP contribution is -2.12. The van der Waals surface area contributed by atoms with Gasteiger partial charge >= 0.3 is 0 Å². The molecule has 262 valence electrons. The van der Waals surface area contributed by atoms with Crippen molar-refractivity contribution in [3.63, 3.8) is 0 Å². The van der Waals surface area contributed by atoms with Crippen LogP contribution >= 0.6 is 0 Å². The lowest BCUT2D eigenvalue weighted by molar-refractivity contribution is 1.02. The maximum Gasteiger partial charge on any atom is 0.227 e. The fourth-order valence-corrected chi connectivity index (χ4v) is 8.97. The molecule has 0 amide bonds. The normalized spacial score (nSPS) is 16.0. The van der Waals surface area contributed by atoms with Crippen LogP contribution in [-0.2, 0) is 0 Å². The molecule has 1 N–H and O–H groups in total. The van der Waals surface area contributed by atoms with Crippen LogP contribution in [0.4, 0.5) is 0 Å². The molecular weight excluding hydrogens is 681 g/mol. The molecule has 11 rings (SSSR count). The first-order valence-corrected chi connectivity index (χ1v) is 19.0. The van der Waals surface area contributed by atoms with Crippen LogP contribution in [0, 0.1) is 5.41 Å². The Balaban J connectivity index is 1.10. The zero-order valence-electron chi connectivity index (χ0n) is 30.4. The molecule has 2 aliphatic rings. The number of nitrogens with one attached hydrogen (secondary N) is 1. The summed E-state index contributed by atoms with van der Waals surface area (Å²) in [6, 6.07) is 60.6. The van der Waals surface area contributed by atoms with Crippen LogP contribution in [0.25, 0.3) is 71.7 Å². The molecule has 0 fully saturated rings. The minimum atomic E-state index is 0.131. The third-order valence-corrected chi connectivity index (χ3v) is 11.4. The van der Waals surface area contributed by atoms with E-state index in [9.17, 15) is 5.41 Å². The number of aliphatic imine (C=N–C) groups is 2. The lowest BCUT2D eigenvalue weighted by Gasteiger charge is -2.15. The summed E-state index contributed by atoms with van der Waals surface area (Å²) in [5.74, 6) is 0.321. The van der Waals surface area contributed by atoms with Gasteiger partial charge in [0.15, 0.2) is 0 Å². The number of hydrogen-bond acceptors (Lipinski definition) is 2. The molecule has 0 radical (unpaired) electrons. The van der Waals surface area contributed by atoms with E-state index in [4.69, 9.17) is 9.98 Å². The molecule has 0 bridgehead atoms. The molecule has 2 heterocycles. The van der Waals surface area contributed by atoms with E-state index in [2.05, 4.69) is 170 Å². The van der Waals surface area contributed by atoms with Crippen LogP contribution in [0.2, 0.25) is 0 Å². The third kappa shape index (κ3) is 5.04. The van der Waals surface area contributed by atoms with Gasteiger partial charge < -0.3 is 0 Å². The summed E-state index contributed by atoms with van der Waals surface area (Å²) < 4.78 is 2.00. The van der Waals surface area contributed by atoms with Gasteiger partial charge in [0.2, 0.25) is 5.96 Å². The Morgan fingerprint density at radius 1 is 0.589 bits per heavy atom. The number of para-hydroxylation sites is 1. The molecule has 0 spiro atoms. The van der Waals surface area contributed by atoms with Crippen molar-refractivity contribution in [2.75, 3.05) is 0 Å². The SMILES string of the molecule is N=C(N=C1C=CC=N/C1=C\c1cccc2ccccc12)n1c2ccccc2c2c3ccccc3c(-c3ccc4c(c3)-c3ccccc3C4c3ccccc3)cc21. The van der Waals surface area contributed by atoms with Crippen LogP contribution in [0.1, 0.15) is 28.2 Å². The van der Waals surface area contributed by atoms with Gasteiger partial charge in [-0.15, -0.1) is 0 Å².